The van der Waals surface area contributed by atoms with E-state index in [0.29, 0.717) is 17.5 Å². The van der Waals surface area contributed by atoms with Crippen molar-refractivity contribution in [3.05, 3.63) is 51.8 Å². The number of carbonyl (C=O) groups is 1. The van der Waals surface area contributed by atoms with Gasteiger partial charge in [0.05, 0.1) is 10.2 Å². The molecule has 128 valence electrons. The van der Waals surface area contributed by atoms with E-state index in [0.717, 1.165) is 42.5 Å². The zero-order valence-electron chi connectivity index (χ0n) is 14.3. The number of benzene rings is 1. The molecule has 0 atom stereocenters. The van der Waals surface area contributed by atoms with Gasteiger partial charge in [0.1, 0.15) is 0 Å². The molecular weight excluding hydrogens is 366 g/mol. The van der Waals surface area contributed by atoms with Gasteiger partial charge in [-0.15, -0.1) is 0 Å². The number of hydrogen-bond acceptors (Lipinski definition) is 2. The predicted octanol–water partition coefficient (Wildman–Crippen LogP) is 4.39. The Bertz CT molecular complexity index is 688. The summed E-state index contributed by atoms with van der Waals surface area (Å²) in [6.45, 7) is 5.79. The second kappa shape index (κ2) is 7.51. The number of nitrogens with one attached hydrogen (secondary N) is 1. The SMILES string of the molecule is CC(C)c1[nH]nc(C(=O)N2CCC(Cc3ccccc3)CC2)c1Br. The zero-order chi connectivity index (χ0) is 17.1. The Morgan fingerprint density at radius 3 is 2.54 bits per heavy atom. The fourth-order valence-corrected chi connectivity index (χ4v) is 4.11. The molecule has 3 rings (SSSR count). The van der Waals surface area contributed by atoms with Gasteiger partial charge in [-0.2, -0.15) is 5.10 Å². The molecule has 24 heavy (non-hydrogen) atoms. The van der Waals surface area contributed by atoms with Crippen LogP contribution in [0.5, 0.6) is 0 Å². The van der Waals surface area contributed by atoms with Crippen molar-refractivity contribution in [2.24, 2.45) is 5.92 Å². The summed E-state index contributed by atoms with van der Waals surface area (Å²) in [7, 11) is 0. The monoisotopic (exact) mass is 389 g/mol. The number of amides is 1. The van der Waals surface area contributed by atoms with Crippen molar-refractivity contribution in [1.82, 2.24) is 15.1 Å². The summed E-state index contributed by atoms with van der Waals surface area (Å²) in [5, 5.41) is 7.23. The van der Waals surface area contributed by atoms with Crippen LogP contribution in [0.1, 0.15) is 54.4 Å². The maximum absolute atomic E-state index is 12.7. The molecule has 2 heterocycles. The summed E-state index contributed by atoms with van der Waals surface area (Å²) in [4.78, 5) is 14.7. The summed E-state index contributed by atoms with van der Waals surface area (Å²) in [5.41, 5.74) is 2.89. The second-order valence-electron chi connectivity index (χ2n) is 6.88. The molecule has 1 aromatic heterocycles. The van der Waals surface area contributed by atoms with Gasteiger partial charge in [-0.05, 0) is 52.6 Å². The van der Waals surface area contributed by atoms with Crippen LogP contribution in [0.25, 0.3) is 0 Å². The van der Waals surface area contributed by atoms with E-state index in [9.17, 15) is 4.79 Å². The van der Waals surface area contributed by atoms with Crippen LogP contribution in [-0.4, -0.2) is 34.1 Å². The molecule has 1 aliphatic rings. The van der Waals surface area contributed by atoms with Crippen molar-refractivity contribution >= 4 is 21.8 Å². The van der Waals surface area contributed by atoms with Gasteiger partial charge in [0.2, 0.25) is 0 Å². The minimum Gasteiger partial charge on any atom is -0.337 e. The Morgan fingerprint density at radius 2 is 1.96 bits per heavy atom. The smallest absolute Gasteiger partial charge is 0.275 e. The zero-order valence-corrected chi connectivity index (χ0v) is 15.8. The van der Waals surface area contributed by atoms with E-state index in [1.54, 1.807) is 0 Å². The molecule has 0 radical (unpaired) electrons. The third-order valence-electron chi connectivity index (χ3n) is 4.78. The van der Waals surface area contributed by atoms with Gasteiger partial charge in [-0.25, -0.2) is 0 Å². The maximum Gasteiger partial charge on any atom is 0.275 e. The molecule has 0 unspecified atom stereocenters. The first kappa shape index (κ1) is 17.2. The lowest BCUT2D eigenvalue weighted by Crippen LogP contribution is -2.39. The van der Waals surface area contributed by atoms with E-state index >= 15 is 0 Å². The normalized spacial score (nSPS) is 15.9. The molecule has 1 aromatic carbocycles. The quantitative estimate of drug-likeness (QED) is 0.842. The Kier molecular flexibility index (Phi) is 5.39. The first-order chi connectivity index (χ1) is 11.6. The van der Waals surface area contributed by atoms with Crippen molar-refractivity contribution in [1.29, 1.82) is 0 Å². The predicted molar refractivity (Wildman–Crippen MR) is 99.2 cm³/mol. The highest BCUT2D eigenvalue weighted by Gasteiger charge is 2.27. The van der Waals surface area contributed by atoms with E-state index in [1.165, 1.54) is 5.56 Å². The highest BCUT2D eigenvalue weighted by Crippen LogP contribution is 2.28. The van der Waals surface area contributed by atoms with Crippen molar-refractivity contribution in [3.8, 4) is 0 Å². The standard InChI is InChI=1S/C19H24BrN3O/c1-13(2)17-16(20)18(22-21-17)19(24)23-10-8-15(9-11-23)12-14-6-4-3-5-7-14/h3-7,13,15H,8-12H2,1-2H3,(H,21,22). The van der Waals surface area contributed by atoms with Crippen LogP contribution in [-0.2, 0) is 6.42 Å². The fraction of sp³-hybridized carbons (Fsp3) is 0.474. The summed E-state index contributed by atoms with van der Waals surface area (Å²) in [6, 6.07) is 10.6. The number of likely N-dealkylation sites (tertiary alicyclic amines) is 1. The van der Waals surface area contributed by atoms with E-state index in [1.807, 2.05) is 4.90 Å². The van der Waals surface area contributed by atoms with E-state index in [-0.39, 0.29) is 5.91 Å². The van der Waals surface area contributed by atoms with Gasteiger partial charge < -0.3 is 4.90 Å². The number of carbonyl (C=O) groups excluding carboxylic acids is 1. The van der Waals surface area contributed by atoms with Gasteiger partial charge in [-0.1, -0.05) is 44.2 Å². The summed E-state index contributed by atoms with van der Waals surface area (Å²) in [5.74, 6) is 0.999. The molecule has 0 bridgehead atoms. The van der Waals surface area contributed by atoms with Gasteiger partial charge in [0, 0.05) is 13.1 Å². The summed E-state index contributed by atoms with van der Waals surface area (Å²) in [6.07, 6.45) is 3.21. The number of nitrogens with zero attached hydrogens (tertiary/aromatic N) is 2. The Labute approximate surface area is 151 Å². The fourth-order valence-electron chi connectivity index (χ4n) is 3.30. The molecular formula is C19H24BrN3O. The number of rotatable bonds is 4. The number of aromatic amines is 1. The van der Waals surface area contributed by atoms with Crippen LogP contribution in [0.15, 0.2) is 34.8 Å². The first-order valence-electron chi connectivity index (χ1n) is 8.63. The van der Waals surface area contributed by atoms with Crippen molar-refractivity contribution < 1.29 is 4.79 Å². The molecule has 1 N–H and O–H groups in total. The van der Waals surface area contributed by atoms with Crippen LogP contribution in [0, 0.1) is 5.92 Å². The number of hydrogen-bond donors (Lipinski definition) is 1. The van der Waals surface area contributed by atoms with E-state index in [4.69, 9.17) is 0 Å². The van der Waals surface area contributed by atoms with E-state index in [2.05, 4.69) is 70.3 Å². The van der Waals surface area contributed by atoms with Crippen LogP contribution in [0.2, 0.25) is 0 Å². The molecule has 2 aromatic rings. The molecule has 1 fully saturated rings. The number of piperidine rings is 1. The van der Waals surface area contributed by atoms with Crippen LogP contribution in [0.4, 0.5) is 0 Å². The molecule has 5 heteroatoms. The van der Waals surface area contributed by atoms with Crippen LogP contribution in [0.3, 0.4) is 0 Å². The van der Waals surface area contributed by atoms with Crippen LogP contribution >= 0.6 is 15.9 Å². The third kappa shape index (κ3) is 3.72. The molecule has 1 saturated heterocycles. The summed E-state index contributed by atoms with van der Waals surface area (Å²) >= 11 is 3.53. The molecule has 0 spiro atoms. The Morgan fingerprint density at radius 1 is 1.29 bits per heavy atom. The molecule has 4 nitrogen and oxygen atoms in total. The van der Waals surface area contributed by atoms with Crippen LogP contribution < -0.4 is 0 Å². The van der Waals surface area contributed by atoms with Gasteiger partial charge in [0.15, 0.2) is 5.69 Å². The average Bonchev–Trinajstić information content (AvgIpc) is 2.97. The molecule has 1 amide bonds. The lowest BCUT2D eigenvalue weighted by Gasteiger charge is -2.31. The average molecular weight is 390 g/mol. The molecule has 1 aliphatic heterocycles. The second-order valence-corrected chi connectivity index (χ2v) is 7.67. The number of aromatic nitrogens is 2. The maximum atomic E-state index is 12.7. The first-order valence-corrected chi connectivity index (χ1v) is 9.42. The Hall–Kier alpha value is -1.62. The number of halogens is 1. The largest absolute Gasteiger partial charge is 0.337 e. The highest BCUT2D eigenvalue weighted by atomic mass is 79.9. The Balaban J connectivity index is 1.59. The van der Waals surface area contributed by atoms with Gasteiger partial charge >= 0.3 is 0 Å². The summed E-state index contributed by atoms with van der Waals surface area (Å²) < 4.78 is 0.814. The minimum absolute atomic E-state index is 0.0307. The minimum atomic E-state index is 0.0307. The third-order valence-corrected chi connectivity index (χ3v) is 5.58. The van der Waals surface area contributed by atoms with E-state index < -0.39 is 0 Å². The topological polar surface area (TPSA) is 49.0 Å². The van der Waals surface area contributed by atoms with Crippen molar-refractivity contribution in [3.63, 3.8) is 0 Å². The molecule has 0 aliphatic carbocycles. The lowest BCUT2D eigenvalue weighted by molar-refractivity contribution is 0.0683. The lowest BCUT2D eigenvalue weighted by atomic mass is 9.90. The van der Waals surface area contributed by atoms with Gasteiger partial charge in [-0.3, -0.25) is 9.89 Å². The van der Waals surface area contributed by atoms with Crippen molar-refractivity contribution in [2.45, 2.75) is 39.0 Å². The number of H-pyrrole nitrogens is 1. The molecule has 0 saturated carbocycles. The van der Waals surface area contributed by atoms with Crippen molar-refractivity contribution in [2.75, 3.05) is 13.1 Å². The van der Waals surface area contributed by atoms with Gasteiger partial charge in [0.25, 0.3) is 5.91 Å². The highest BCUT2D eigenvalue weighted by molar-refractivity contribution is 9.10.